The van der Waals surface area contributed by atoms with Crippen LogP contribution < -0.4 is 5.32 Å². The van der Waals surface area contributed by atoms with E-state index in [2.05, 4.69) is 15.3 Å². The summed E-state index contributed by atoms with van der Waals surface area (Å²) >= 11 is 0. The van der Waals surface area contributed by atoms with Crippen LogP contribution in [0.25, 0.3) is 0 Å². The Labute approximate surface area is 152 Å². The zero-order valence-electron chi connectivity index (χ0n) is 14.6. The van der Waals surface area contributed by atoms with Gasteiger partial charge in [0.15, 0.2) is 5.69 Å². The predicted octanol–water partition coefficient (Wildman–Crippen LogP) is 1.71. The van der Waals surface area contributed by atoms with E-state index in [0.717, 1.165) is 24.5 Å². The van der Waals surface area contributed by atoms with Crippen LogP contribution in [-0.2, 0) is 13.1 Å². The van der Waals surface area contributed by atoms with E-state index in [9.17, 15) is 4.79 Å². The first-order valence-corrected chi connectivity index (χ1v) is 9.01. The van der Waals surface area contributed by atoms with E-state index >= 15 is 0 Å². The number of urea groups is 1. The monoisotopic (exact) mass is 354 g/mol. The van der Waals surface area contributed by atoms with Gasteiger partial charge in [0.25, 0.3) is 0 Å². The standard InChI is InChI=1S/C18H22N6O2/c19-11-14-10-15-13-23(7-8-24(15)21-14)18(25)20-12-16(17-4-3-9-26-17)22-5-1-2-6-22/h3-4,9-10,16H,1-2,5-8,12-13H2,(H,20,25). The fourth-order valence-corrected chi connectivity index (χ4v) is 3.73. The number of rotatable bonds is 4. The number of carbonyl (C=O) groups is 1. The summed E-state index contributed by atoms with van der Waals surface area (Å²) in [5, 5.41) is 16.2. The van der Waals surface area contributed by atoms with Crippen molar-refractivity contribution in [3.05, 3.63) is 41.6 Å². The van der Waals surface area contributed by atoms with Crippen molar-refractivity contribution < 1.29 is 9.21 Å². The van der Waals surface area contributed by atoms with Gasteiger partial charge in [-0.05, 0) is 44.1 Å². The van der Waals surface area contributed by atoms with Gasteiger partial charge in [-0.15, -0.1) is 0 Å². The Hall–Kier alpha value is -2.79. The maximum absolute atomic E-state index is 12.6. The summed E-state index contributed by atoms with van der Waals surface area (Å²) in [6.45, 7) is 4.24. The highest BCUT2D eigenvalue weighted by Crippen LogP contribution is 2.25. The first-order chi connectivity index (χ1) is 12.7. The lowest BCUT2D eigenvalue weighted by Crippen LogP contribution is -2.46. The summed E-state index contributed by atoms with van der Waals surface area (Å²) in [5.41, 5.74) is 1.29. The fourth-order valence-electron chi connectivity index (χ4n) is 3.73. The molecule has 4 heterocycles. The third kappa shape index (κ3) is 3.30. The van der Waals surface area contributed by atoms with Crippen LogP contribution in [0, 0.1) is 11.3 Å². The van der Waals surface area contributed by atoms with Crippen LogP contribution in [0.1, 0.15) is 36.0 Å². The molecule has 0 bridgehead atoms. The second-order valence-corrected chi connectivity index (χ2v) is 6.74. The molecule has 4 rings (SSSR count). The summed E-state index contributed by atoms with van der Waals surface area (Å²) < 4.78 is 7.40. The van der Waals surface area contributed by atoms with Gasteiger partial charge < -0.3 is 14.6 Å². The van der Waals surface area contributed by atoms with Gasteiger partial charge in [-0.3, -0.25) is 9.58 Å². The average molecular weight is 354 g/mol. The van der Waals surface area contributed by atoms with Crippen LogP contribution in [0.5, 0.6) is 0 Å². The third-order valence-corrected chi connectivity index (χ3v) is 5.10. The zero-order chi connectivity index (χ0) is 17.9. The number of hydrogen-bond acceptors (Lipinski definition) is 5. The smallest absolute Gasteiger partial charge is 0.317 e. The van der Waals surface area contributed by atoms with Crippen molar-refractivity contribution in [3.8, 4) is 6.07 Å². The van der Waals surface area contributed by atoms with Crippen molar-refractivity contribution in [2.24, 2.45) is 0 Å². The molecule has 0 aromatic carbocycles. The van der Waals surface area contributed by atoms with Crippen LogP contribution in [-0.4, -0.2) is 51.8 Å². The Balaban J connectivity index is 1.39. The summed E-state index contributed by atoms with van der Waals surface area (Å²) in [6.07, 6.45) is 4.05. The van der Waals surface area contributed by atoms with Gasteiger partial charge in [-0.25, -0.2) is 4.79 Å². The van der Waals surface area contributed by atoms with E-state index in [1.165, 1.54) is 12.8 Å². The van der Waals surface area contributed by atoms with Crippen LogP contribution >= 0.6 is 0 Å². The number of likely N-dealkylation sites (tertiary alicyclic amines) is 1. The molecule has 2 amide bonds. The topological polar surface area (TPSA) is 90.3 Å². The molecule has 0 spiro atoms. The average Bonchev–Trinajstić information content (AvgIpc) is 3.41. The molecule has 2 aliphatic rings. The van der Waals surface area contributed by atoms with Crippen molar-refractivity contribution in [1.29, 1.82) is 5.26 Å². The molecule has 26 heavy (non-hydrogen) atoms. The quantitative estimate of drug-likeness (QED) is 0.903. The molecule has 2 aliphatic heterocycles. The number of nitrogens with one attached hydrogen (secondary N) is 1. The summed E-state index contributed by atoms with van der Waals surface area (Å²) in [4.78, 5) is 16.8. The molecule has 8 nitrogen and oxygen atoms in total. The second-order valence-electron chi connectivity index (χ2n) is 6.74. The highest BCUT2D eigenvalue weighted by atomic mass is 16.3. The van der Waals surface area contributed by atoms with Gasteiger partial charge in [0.05, 0.1) is 31.1 Å². The summed E-state index contributed by atoms with van der Waals surface area (Å²) in [5.74, 6) is 0.891. The molecule has 1 fully saturated rings. The number of amides is 2. The number of carbonyl (C=O) groups excluding carboxylic acids is 1. The van der Waals surface area contributed by atoms with Crippen LogP contribution in [0.4, 0.5) is 4.79 Å². The lowest BCUT2D eigenvalue weighted by Gasteiger charge is -2.30. The van der Waals surface area contributed by atoms with Gasteiger partial charge in [0.2, 0.25) is 0 Å². The highest BCUT2D eigenvalue weighted by Gasteiger charge is 2.28. The van der Waals surface area contributed by atoms with Gasteiger partial charge in [-0.2, -0.15) is 10.4 Å². The van der Waals surface area contributed by atoms with Crippen molar-refractivity contribution in [1.82, 2.24) is 24.9 Å². The molecule has 0 radical (unpaired) electrons. The Morgan fingerprint density at radius 3 is 2.92 bits per heavy atom. The summed E-state index contributed by atoms with van der Waals surface area (Å²) in [7, 11) is 0. The fraction of sp³-hybridized carbons (Fsp3) is 0.500. The maximum Gasteiger partial charge on any atom is 0.317 e. The van der Waals surface area contributed by atoms with Crippen LogP contribution in [0.3, 0.4) is 0 Å². The maximum atomic E-state index is 12.6. The molecule has 136 valence electrons. The first kappa shape index (κ1) is 16.7. The molecular weight excluding hydrogens is 332 g/mol. The molecule has 1 atom stereocenters. The van der Waals surface area contributed by atoms with E-state index < -0.39 is 0 Å². The Kier molecular flexibility index (Phi) is 4.63. The Morgan fingerprint density at radius 1 is 1.35 bits per heavy atom. The largest absolute Gasteiger partial charge is 0.468 e. The van der Waals surface area contributed by atoms with Crippen LogP contribution in [0.15, 0.2) is 28.9 Å². The molecule has 2 aromatic heterocycles. The van der Waals surface area contributed by atoms with Gasteiger partial charge >= 0.3 is 6.03 Å². The van der Waals surface area contributed by atoms with Gasteiger partial charge in [0.1, 0.15) is 11.8 Å². The number of furan rings is 1. The number of nitrogens with zero attached hydrogens (tertiary/aromatic N) is 5. The highest BCUT2D eigenvalue weighted by molar-refractivity contribution is 5.74. The van der Waals surface area contributed by atoms with Gasteiger partial charge in [-0.1, -0.05) is 0 Å². The second kappa shape index (κ2) is 7.22. The van der Waals surface area contributed by atoms with E-state index in [1.54, 1.807) is 21.9 Å². The predicted molar refractivity (Wildman–Crippen MR) is 93.0 cm³/mol. The minimum Gasteiger partial charge on any atom is -0.468 e. The Bertz CT molecular complexity index is 800. The number of aromatic nitrogens is 2. The molecule has 0 saturated carbocycles. The molecule has 2 aromatic rings. The van der Waals surface area contributed by atoms with Crippen molar-refractivity contribution in [3.63, 3.8) is 0 Å². The zero-order valence-corrected chi connectivity index (χ0v) is 14.6. The van der Waals surface area contributed by atoms with Crippen molar-refractivity contribution in [2.45, 2.75) is 32.0 Å². The first-order valence-electron chi connectivity index (χ1n) is 9.01. The molecule has 0 aliphatic carbocycles. The Morgan fingerprint density at radius 2 is 2.19 bits per heavy atom. The molecular formula is C18H22N6O2. The van der Waals surface area contributed by atoms with E-state index in [0.29, 0.717) is 31.9 Å². The minimum absolute atomic E-state index is 0.0666. The van der Waals surface area contributed by atoms with Crippen molar-refractivity contribution >= 4 is 6.03 Å². The number of nitriles is 1. The number of hydrogen-bond donors (Lipinski definition) is 1. The van der Waals surface area contributed by atoms with Gasteiger partial charge in [0, 0.05) is 13.1 Å². The minimum atomic E-state index is -0.0910. The normalized spacial score (nSPS) is 18.3. The number of fused-ring (bicyclic) bond motifs is 1. The van der Waals surface area contributed by atoms with E-state index in [-0.39, 0.29) is 12.1 Å². The van der Waals surface area contributed by atoms with Crippen molar-refractivity contribution in [2.75, 3.05) is 26.2 Å². The van der Waals surface area contributed by atoms with E-state index in [4.69, 9.17) is 9.68 Å². The molecule has 1 unspecified atom stereocenters. The van der Waals surface area contributed by atoms with Crippen LogP contribution in [0.2, 0.25) is 0 Å². The molecule has 1 saturated heterocycles. The lowest BCUT2D eigenvalue weighted by atomic mass is 10.2. The molecule has 1 N–H and O–H groups in total. The third-order valence-electron chi connectivity index (χ3n) is 5.10. The van der Waals surface area contributed by atoms with E-state index in [1.807, 2.05) is 18.2 Å². The summed E-state index contributed by atoms with van der Waals surface area (Å²) in [6, 6.07) is 7.63. The lowest BCUT2D eigenvalue weighted by molar-refractivity contribution is 0.169. The molecule has 8 heteroatoms. The SMILES string of the molecule is N#Cc1cc2n(n1)CCN(C(=O)NCC(c1ccco1)N1CCCC1)C2.